The van der Waals surface area contributed by atoms with Crippen LogP contribution in [0.25, 0.3) is 22.1 Å². The molecule has 0 fully saturated rings. The van der Waals surface area contributed by atoms with Crippen molar-refractivity contribution in [1.29, 1.82) is 0 Å². The van der Waals surface area contributed by atoms with Gasteiger partial charge < -0.3 is 0 Å². The molecule has 0 radical (unpaired) electrons. The van der Waals surface area contributed by atoms with Gasteiger partial charge in [0.05, 0.1) is 0 Å². The van der Waals surface area contributed by atoms with Crippen molar-refractivity contribution in [3.8, 4) is 22.6 Å². The van der Waals surface area contributed by atoms with Crippen LogP contribution in [-0.2, 0) is 10.0 Å². The predicted octanol–water partition coefficient (Wildman–Crippen LogP) is 5.83. The van der Waals surface area contributed by atoms with E-state index < -0.39 is 47.0 Å². The second kappa shape index (κ2) is 10.0. The topological polar surface area (TPSA) is 107 Å². The number of benzene rings is 3. The quantitative estimate of drug-likeness (QED) is 0.227. The Hall–Kier alpha value is -3.05. The van der Waals surface area contributed by atoms with Gasteiger partial charge in [-0.1, -0.05) is 0 Å². The van der Waals surface area contributed by atoms with Crippen molar-refractivity contribution >= 4 is 68.4 Å². The average Bonchev–Trinajstić information content (AvgIpc) is 3.51. The fourth-order valence-corrected chi connectivity index (χ4v) is 7.25. The number of anilines is 1. The van der Waals surface area contributed by atoms with E-state index in [0.29, 0.717) is 33.9 Å². The normalized spacial score (nSPS) is 11.8. The van der Waals surface area contributed by atoms with Crippen LogP contribution in [0.2, 0.25) is 16.4 Å². The fraction of sp³-hybridized carbons (Fsp3) is 0.0870. The number of rotatable bonds is 7. The third kappa shape index (κ3) is 5.19. The summed E-state index contributed by atoms with van der Waals surface area (Å²) < 4.78 is 72.7. The molecule has 0 atom stereocenters. The maximum absolute atomic E-state index is 15.0. The first kappa shape index (κ1) is 25.6. The number of fused-ring (bicyclic) bond motifs is 1. The SMILES string of the molecule is C[As](C)c1noc2ccc(-c3cc(Cl)ccc3Oc3cc(F)c(S(=O)(=O)Nc4ncns4)cc3F)cc12. The summed E-state index contributed by atoms with van der Waals surface area (Å²) in [5.41, 5.74) is 6.12. The summed E-state index contributed by atoms with van der Waals surface area (Å²) in [6.45, 7) is 0. The number of sulfonamides is 1. The van der Waals surface area contributed by atoms with E-state index >= 15 is 0 Å². The molecular formula is C23H16AsClF2N4O4S2. The minimum absolute atomic E-state index is 0.0841. The summed E-state index contributed by atoms with van der Waals surface area (Å²) >= 11 is 5.63. The number of nitrogens with zero attached hydrogens (tertiary/aromatic N) is 3. The summed E-state index contributed by atoms with van der Waals surface area (Å²) in [4.78, 5) is 2.79. The number of ether oxygens (including phenoxy) is 1. The Bertz CT molecular complexity index is 1730. The van der Waals surface area contributed by atoms with Crippen LogP contribution < -0.4 is 13.9 Å². The Morgan fingerprint density at radius 1 is 1.05 bits per heavy atom. The summed E-state index contributed by atoms with van der Waals surface area (Å²) in [7, 11) is -4.45. The molecule has 14 heteroatoms. The van der Waals surface area contributed by atoms with Crippen molar-refractivity contribution < 1.29 is 26.5 Å². The molecule has 8 nitrogen and oxygen atoms in total. The van der Waals surface area contributed by atoms with Crippen LogP contribution in [0.15, 0.2) is 64.3 Å². The summed E-state index contributed by atoms with van der Waals surface area (Å²) in [5, 5.41) is 5.38. The molecule has 5 aromatic rings. The molecule has 0 unspecified atom stereocenters. The molecule has 0 saturated carbocycles. The van der Waals surface area contributed by atoms with E-state index in [1.807, 2.05) is 6.07 Å². The van der Waals surface area contributed by atoms with Gasteiger partial charge in [0.1, 0.15) is 6.33 Å². The van der Waals surface area contributed by atoms with E-state index in [-0.39, 0.29) is 10.9 Å². The van der Waals surface area contributed by atoms with Gasteiger partial charge in [-0.15, -0.1) is 0 Å². The van der Waals surface area contributed by atoms with Gasteiger partial charge >= 0.3 is 179 Å². The van der Waals surface area contributed by atoms with Gasteiger partial charge in [0.15, 0.2) is 0 Å². The van der Waals surface area contributed by atoms with E-state index in [1.54, 1.807) is 24.3 Å². The first-order chi connectivity index (χ1) is 17.6. The van der Waals surface area contributed by atoms with Gasteiger partial charge in [0.2, 0.25) is 5.13 Å². The van der Waals surface area contributed by atoms with Crippen molar-refractivity contribution in [3.63, 3.8) is 0 Å². The molecule has 2 aromatic heterocycles. The van der Waals surface area contributed by atoms with Crippen molar-refractivity contribution in [1.82, 2.24) is 14.5 Å². The maximum atomic E-state index is 15.0. The Labute approximate surface area is 223 Å². The van der Waals surface area contributed by atoms with Crippen LogP contribution >= 0.6 is 23.1 Å². The minimum atomic E-state index is -4.45. The van der Waals surface area contributed by atoms with Crippen LogP contribution in [0.5, 0.6) is 11.5 Å². The zero-order chi connectivity index (χ0) is 26.3. The summed E-state index contributed by atoms with van der Waals surface area (Å²) in [6.07, 6.45) is 1.13. The third-order valence-corrected chi connectivity index (χ3v) is 9.96. The predicted molar refractivity (Wildman–Crippen MR) is 139 cm³/mol. The van der Waals surface area contributed by atoms with E-state index in [4.69, 9.17) is 20.9 Å². The standard InChI is InChI=1S/C23H16AsClF2N4O4S2/c1-24(2)22-15-7-12(3-5-19(15)35-30-22)14-8-13(25)4-6-18(14)34-20-9-17(27)21(10-16(20)26)37(32,33)31-23-28-11-29-36-23/h3-11H,1-2H3,(H,28,29,31). The number of nitrogens with one attached hydrogen (secondary N) is 1. The number of aromatic nitrogens is 3. The van der Waals surface area contributed by atoms with E-state index in [9.17, 15) is 17.2 Å². The molecule has 37 heavy (non-hydrogen) atoms. The molecule has 0 spiro atoms. The molecule has 0 aliphatic heterocycles. The van der Waals surface area contributed by atoms with Gasteiger partial charge in [-0.2, -0.15) is 4.37 Å². The second-order valence-electron chi connectivity index (χ2n) is 7.92. The molecule has 0 aliphatic carbocycles. The molecule has 1 N–H and O–H groups in total. The molecule has 0 amide bonds. The first-order valence-corrected chi connectivity index (χ1v) is 17.8. The molecular weight excluding hydrogens is 609 g/mol. The Morgan fingerprint density at radius 3 is 2.59 bits per heavy atom. The zero-order valence-corrected chi connectivity index (χ0v) is 23.3. The fourth-order valence-electron chi connectivity index (χ4n) is 3.53. The van der Waals surface area contributed by atoms with Gasteiger partial charge in [0, 0.05) is 11.5 Å². The molecule has 0 aliphatic rings. The molecule has 5 rings (SSSR count). The average molecular weight is 625 g/mol. The molecule has 3 aromatic carbocycles. The van der Waals surface area contributed by atoms with Crippen molar-refractivity contribution in [2.24, 2.45) is 0 Å². The number of halogens is 3. The Morgan fingerprint density at radius 2 is 1.86 bits per heavy atom. The molecule has 0 saturated heterocycles. The van der Waals surface area contributed by atoms with Crippen molar-refractivity contribution in [2.75, 3.05) is 4.72 Å². The third-order valence-electron chi connectivity index (χ3n) is 5.21. The van der Waals surface area contributed by atoms with Crippen molar-refractivity contribution in [2.45, 2.75) is 16.3 Å². The number of hydrogen-bond acceptors (Lipinski definition) is 8. The Balaban J connectivity index is 1.52. The van der Waals surface area contributed by atoms with E-state index in [1.165, 1.54) is 6.07 Å². The zero-order valence-electron chi connectivity index (χ0n) is 19.1. The monoisotopic (exact) mass is 624 g/mol. The van der Waals surface area contributed by atoms with Gasteiger partial charge in [-0.05, 0) is 0 Å². The summed E-state index contributed by atoms with van der Waals surface area (Å²) in [6, 6.07) is 11.4. The number of hydrogen-bond donors (Lipinski definition) is 1. The summed E-state index contributed by atoms with van der Waals surface area (Å²) in [5.74, 6) is -2.60. The molecule has 2 heterocycles. The Kier molecular flexibility index (Phi) is 6.93. The van der Waals surface area contributed by atoms with Crippen LogP contribution in [-0.4, -0.2) is 37.6 Å². The second-order valence-corrected chi connectivity index (χ2v) is 15.4. The molecule has 190 valence electrons. The molecule has 0 bridgehead atoms. The van der Waals surface area contributed by atoms with Gasteiger partial charge in [0.25, 0.3) is 0 Å². The van der Waals surface area contributed by atoms with Crippen LogP contribution in [0.1, 0.15) is 0 Å². The van der Waals surface area contributed by atoms with Crippen molar-refractivity contribution in [3.05, 3.63) is 71.5 Å². The van der Waals surface area contributed by atoms with Crippen LogP contribution in [0.4, 0.5) is 13.9 Å². The van der Waals surface area contributed by atoms with E-state index in [2.05, 4.69) is 30.7 Å². The van der Waals surface area contributed by atoms with Crippen LogP contribution in [0, 0.1) is 11.6 Å². The van der Waals surface area contributed by atoms with Gasteiger partial charge in [-0.3, -0.25) is 4.72 Å². The van der Waals surface area contributed by atoms with Gasteiger partial charge in [-0.25, -0.2) is 13.4 Å². The van der Waals surface area contributed by atoms with Crippen LogP contribution in [0.3, 0.4) is 0 Å². The first-order valence-electron chi connectivity index (χ1n) is 10.5. The van der Waals surface area contributed by atoms with E-state index in [0.717, 1.165) is 27.7 Å².